The van der Waals surface area contributed by atoms with Crippen molar-refractivity contribution in [2.75, 3.05) is 23.7 Å². The first kappa shape index (κ1) is 13.1. The number of hydrogen-bond acceptors (Lipinski definition) is 5. The van der Waals surface area contributed by atoms with Gasteiger partial charge in [0.2, 0.25) is 5.95 Å². The van der Waals surface area contributed by atoms with Gasteiger partial charge in [-0.3, -0.25) is 0 Å². The van der Waals surface area contributed by atoms with Crippen molar-refractivity contribution >= 4 is 11.8 Å². The molecule has 5 nitrogen and oxygen atoms in total. The smallest absolute Gasteiger partial charge is 0.224 e. The van der Waals surface area contributed by atoms with Crippen molar-refractivity contribution in [1.29, 1.82) is 0 Å². The van der Waals surface area contributed by atoms with Crippen molar-refractivity contribution in [3.05, 3.63) is 12.3 Å². The van der Waals surface area contributed by atoms with Gasteiger partial charge in [-0.05, 0) is 25.3 Å². The van der Waals surface area contributed by atoms with Crippen LogP contribution in [0.2, 0.25) is 0 Å². The molecule has 5 heteroatoms. The van der Waals surface area contributed by atoms with E-state index in [0.717, 1.165) is 44.6 Å². The Labute approximate surface area is 108 Å². The molecule has 3 N–H and O–H groups in total. The molecule has 0 bridgehead atoms. The molecule has 0 aliphatic heterocycles. The van der Waals surface area contributed by atoms with Gasteiger partial charge in [-0.2, -0.15) is 4.98 Å². The zero-order chi connectivity index (χ0) is 12.8. The summed E-state index contributed by atoms with van der Waals surface area (Å²) >= 11 is 0. The molecule has 1 aromatic heterocycles. The summed E-state index contributed by atoms with van der Waals surface area (Å²) in [5.41, 5.74) is 0. The lowest BCUT2D eigenvalue weighted by Crippen LogP contribution is -2.22. The van der Waals surface area contributed by atoms with Crippen LogP contribution in [0.25, 0.3) is 0 Å². The Bertz CT molecular complexity index is 372. The molecule has 0 radical (unpaired) electrons. The highest BCUT2D eigenvalue weighted by molar-refractivity contribution is 5.39. The summed E-state index contributed by atoms with van der Waals surface area (Å²) in [6.07, 6.45) is 5.80. The molecular weight excluding hydrogens is 228 g/mol. The SMILES string of the molecule is CCCNc1nccc(NCC2CCCC2O)n1. The zero-order valence-electron chi connectivity index (χ0n) is 10.9. The standard InChI is InChI=1S/C13H22N4O/c1-2-7-14-13-15-8-6-12(17-13)16-9-10-4-3-5-11(10)18/h6,8,10-11,18H,2-5,7,9H2,1H3,(H2,14,15,16,17). The van der Waals surface area contributed by atoms with E-state index < -0.39 is 0 Å². The van der Waals surface area contributed by atoms with Crippen LogP contribution in [0.4, 0.5) is 11.8 Å². The predicted molar refractivity (Wildman–Crippen MR) is 72.7 cm³/mol. The second-order valence-electron chi connectivity index (χ2n) is 4.83. The quantitative estimate of drug-likeness (QED) is 0.719. The fraction of sp³-hybridized carbons (Fsp3) is 0.692. The van der Waals surface area contributed by atoms with Gasteiger partial charge in [0.25, 0.3) is 0 Å². The minimum Gasteiger partial charge on any atom is -0.393 e. The highest BCUT2D eigenvalue weighted by Crippen LogP contribution is 2.25. The second-order valence-corrected chi connectivity index (χ2v) is 4.83. The van der Waals surface area contributed by atoms with Gasteiger partial charge in [0.05, 0.1) is 6.10 Å². The Balaban J connectivity index is 1.84. The molecule has 100 valence electrons. The second kappa shape index (κ2) is 6.54. The molecule has 18 heavy (non-hydrogen) atoms. The molecule has 1 saturated carbocycles. The lowest BCUT2D eigenvalue weighted by atomic mass is 10.1. The fourth-order valence-corrected chi connectivity index (χ4v) is 2.27. The molecule has 0 spiro atoms. The van der Waals surface area contributed by atoms with Gasteiger partial charge >= 0.3 is 0 Å². The van der Waals surface area contributed by atoms with Crippen LogP contribution in [0.5, 0.6) is 0 Å². The predicted octanol–water partition coefficient (Wildman–Crippen LogP) is 1.87. The molecule has 1 aromatic rings. The van der Waals surface area contributed by atoms with E-state index in [4.69, 9.17) is 0 Å². The molecule has 0 aromatic carbocycles. The number of nitrogens with zero attached hydrogens (tertiary/aromatic N) is 2. The van der Waals surface area contributed by atoms with Crippen molar-refractivity contribution in [3.8, 4) is 0 Å². The van der Waals surface area contributed by atoms with Crippen LogP contribution in [0.15, 0.2) is 12.3 Å². The molecular formula is C13H22N4O. The number of nitrogens with one attached hydrogen (secondary N) is 2. The number of anilines is 2. The molecule has 2 unspecified atom stereocenters. The normalized spacial score (nSPS) is 23.0. The number of aliphatic hydroxyl groups is 1. The molecule has 1 fully saturated rings. The van der Waals surface area contributed by atoms with Crippen molar-refractivity contribution in [2.45, 2.75) is 38.7 Å². The monoisotopic (exact) mass is 250 g/mol. The van der Waals surface area contributed by atoms with E-state index in [1.165, 1.54) is 0 Å². The Hall–Kier alpha value is -1.36. The Morgan fingerprint density at radius 1 is 1.39 bits per heavy atom. The van der Waals surface area contributed by atoms with Gasteiger partial charge in [0.1, 0.15) is 5.82 Å². The van der Waals surface area contributed by atoms with E-state index in [1.54, 1.807) is 6.20 Å². The van der Waals surface area contributed by atoms with Gasteiger partial charge in [-0.1, -0.05) is 13.3 Å². The maximum Gasteiger partial charge on any atom is 0.224 e. The molecule has 0 amide bonds. The van der Waals surface area contributed by atoms with Crippen molar-refractivity contribution in [2.24, 2.45) is 5.92 Å². The van der Waals surface area contributed by atoms with Gasteiger partial charge in [-0.25, -0.2) is 4.98 Å². The minimum absolute atomic E-state index is 0.156. The van der Waals surface area contributed by atoms with E-state index in [2.05, 4.69) is 27.5 Å². The third-order valence-corrected chi connectivity index (χ3v) is 3.35. The Morgan fingerprint density at radius 2 is 2.28 bits per heavy atom. The maximum absolute atomic E-state index is 9.75. The lowest BCUT2D eigenvalue weighted by molar-refractivity contribution is 0.138. The molecule has 1 aliphatic carbocycles. The largest absolute Gasteiger partial charge is 0.393 e. The van der Waals surface area contributed by atoms with Crippen molar-refractivity contribution in [1.82, 2.24) is 9.97 Å². The first-order valence-corrected chi connectivity index (χ1v) is 6.78. The van der Waals surface area contributed by atoms with Gasteiger partial charge in [0.15, 0.2) is 0 Å². The molecule has 1 heterocycles. The summed E-state index contributed by atoms with van der Waals surface area (Å²) in [4.78, 5) is 8.54. The third-order valence-electron chi connectivity index (χ3n) is 3.35. The fourth-order valence-electron chi connectivity index (χ4n) is 2.27. The Kier molecular flexibility index (Phi) is 4.75. The first-order valence-electron chi connectivity index (χ1n) is 6.78. The van der Waals surface area contributed by atoms with Crippen LogP contribution in [-0.4, -0.2) is 34.3 Å². The van der Waals surface area contributed by atoms with E-state index >= 15 is 0 Å². The first-order chi connectivity index (χ1) is 8.79. The minimum atomic E-state index is -0.156. The van der Waals surface area contributed by atoms with Crippen molar-refractivity contribution in [3.63, 3.8) is 0 Å². The van der Waals surface area contributed by atoms with E-state index in [1.807, 2.05) is 6.07 Å². The molecule has 2 atom stereocenters. The number of rotatable bonds is 6. The van der Waals surface area contributed by atoms with E-state index in [-0.39, 0.29) is 6.10 Å². The molecule has 0 saturated heterocycles. The topological polar surface area (TPSA) is 70.1 Å². The molecule has 2 rings (SSSR count). The van der Waals surface area contributed by atoms with Crippen LogP contribution in [0.1, 0.15) is 32.6 Å². The number of aliphatic hydroxyl groups excluding tert-OH is 1. The van der Waals surface area contributed by atoms with E-state index in [9.17, 15) is 5.11 Å². The van der Waals surface area contributed by atoms with Crippen LogP contribution in [0.3, 0.4) is 0 Å². The summed E-state index contributed by atoms with van der Waals surface area (Å²) < 4.78 is 0. The van der Waals surface area contributed by atoms with Crippen LogP contribution >= 0.6 is 0 Å². The summed E-state index contributed by atoms with van der Waals surface area (Å²) in [6.45, 7) is 3.77. The average molecular weight is 250 g/mol. The van der Waals surface area contributed by atoms with Gasteiger partial charge < -0.3 is 15.7 Å². The highest BCUT2D eigenvalue weighted by atomic mass is 16.3. The van der Waals surface area contributed by atoms with E-state index in [0.29, 0.717) is 11.9 Å². The number of hydrogen-bond donors (Lipinski definition) is 3. The van der Waals surface area contributed by atoms with Crippen molar-refractivity contribution < 1.29 is 5.11 Å². The lowest BCUT2D eigenvalue weighted by Gasteiger charge is -2.15. The van der Waals surface area contributed by atoms with Gasteiger partial charge in [-0.15, -0.1) is 0 Å². The number of aromatic nitrogens is 2. The van der Waals surface area contributed by atoms with Crippen LogP contribution < -0.4 is 10.6 Å². The summed E-state index contributed by atoms with van der Waals surface area (Å²) in [6, 6.07) is 1.86. The Morgan fingerprint density at radius 3 is 3.00 bits per heavy atom. The third kappa shape index (κ3) is 3.57. The van der Waals surface area contributed by atoms with Crippen LogP contribution in [0, 0.1) is 5.92 Å². The zero-order valence-corrected chi connectivity index (χ0v) is 10.9. The highest BCUT2D eigenvalue weighted by Gasteiger charge is 2.24. The average Bonchev–Trinajstić information content (AvgIpc) is 2.80. The summed E-state index contributed by atoms with van der Waals surface area (Å²) in [5, 5.41) is 16.2. The summed E-state index contributed by atoms with van der Waals surface area (Å²) in [7, 11) is 0. The maximum atomic E-state index is 9.75. The summed E-state index contributed by atoms with van der Waals surface area (Å²) in [5.74, 6) is 1.84. The van der Waals surface area contributed by atoms with Gasteiger partial charge in [0, 0.05) is 25.2 Å². The molecule has 1 aliphatic rings. The van der Waals surface area contributed by atoms with Crippen LogP contribution in [-0.2, 0) is 0 Å².